The highest BCUT2D eigenvalue weighted by Crippen LogP contribution is 2.36. The molecule has 5 nitrogen and oxygen atoms in total. The van der Waals surface area contributed by atoms with Gasteiger partial charge in [0, 0.05) is 43.9 Å². The maximum Gasteiger partial charge on any atom is 0.419 e. The third-order valence-electron chi connectivity index (χ3n) is 6.48. The summed E-state index contributed by atoms with van der Waals surface area (Å²) in [6, 6.07) is 11.2. The Balaban J connectivity index is 1.60. The van der Waals surface area contributed by atoms with Crippen molar-refractivity contribution in [3.63, 3.8) is 0 Å². The molecule has 2 heterocycles. The number of rotatable bonds is 6. The van der Waals surface area contributed by atoms with Gasteiger partial charge in [0.15, 0.2) is 0 Å². The number of ether oxygens (including phenoxy) is 1. The van der Waals surface area contributed by atoms with E-state index in [-0.39, 0.29) is 24.4 Å². The lowest BCUT2D eigenvalue weighted by atomic mass is 9.93. The number of aromatic nitrogens is 1. The molecule has 11 heteroatoms. The summed E-state index contributed by atoms with van der Waals surface area (Å²) >= 11 is 12.4. The number of alkyl halides is 3. The van der Waals surface area contributed by atoms with Gasteiger partial charge in [-0.1, -0.05) is 35.3 Å². The van der Waals surface area contributed by atoms with Crippen LogP contribution < -0.4 is 4.74 Å². The zero-order chi connectivity index (χ0) is 26.9. The average Bonchev–Trinajstić information content (AvgIpc) is 3.30. The fourth-order valence-electron chi connectivity index (χ4n) is 4.57. The van der Waals surface area contributed by atoms with Crippen LogP contribution in [0.5, 0.6) is 5.88 Å². The second-order valence-corrected chi connectivity index (χ2v) is 9.69. The van der Waals surface area contributed by atoms with Crippen LogP contribution in [0.2, 0.25) is 10.0 Å². The Bertz CT molecular complexity index is 1290. The molecule has 37 heavy (non-hydrogen) atoms. The molecule has 0 N–H and O–H groups in total. The van der Waals surface area contributed by atoms with Crippen molar-refractivity contribution >= 4 is 29.1 Å². The van der Waals surface area contributed by atoms with Gasteiger partial charge in [0.25, 0.3) is 5.91 Å². The molecular weight excluding hydrogens is 533 g/mol. The number of hydrogen-bond acceptors (Lipinski definition) is 4. The van der Waals surface area contributed by atoms with Crippen LogP contribution in [0, 0.1) is 5.82 Å². The van der Waals surface area contributed by atoms with Crippen LogP contribution in [0.1, 0.15) is 33.0 Å². The highest BCUT2D eigenvalue weighted by molar-refractivity contribution is 6.42. The Morgan fingerprint density at radius 3 is 2.46 bits per heavy atom. The molecule has 1 amide bonds. The number of likely N-dealkylation sites (tertiary alicyclic amines) is 1. The van der Waals surface area contributed by atoms with Crippen molar-refractivity contribution in [2.45, 2.75) is 24.7 Å². The molecule has 1 aliphatic heterocycles. The fraction of sp³-hybridized carbons (Fsp3) is 0.308. The highest BCUT2D eigenvalue weighted by atomic mass is 35.5. The summed E-state index contributed by atoms with van der Waals surface area (Å²) in [4.78, 5) is 21.0. The first-order chi connectivity index (χ1) is 17.5. The molecule has 2 unspecified atom stereocenters. The van der Waals surface area contributed by atoms with E-state index in [1.807, 2.05) is 11.0 Å². The summed E-state index contributed by atoms with van der Waals surface area (Å²) in [5, 5.41) is 0.764. The third-order valence-corrected chi connectivity index (χ3v) is 7.22. The van der Waals surface area contributed by atoms with Gasteiger partial charge in [-0.2, -0.15) is 13.2 Å². The van der Waals surface area contributed by atoms with Crippen molar-refractivity contribution in [1.29, 1.82) is 0 Å². The van der Waals surface area contributed by atoms with Gasteiger partial charge in [-0.05, 0) is 48.5 Å². The van der Waals surface area contributed by atoms with Crippen molar-refractivity contribution in [2.24, 2.45) is 0 Å². The van der Waals surface area contributed by atoms with E-state index >= 15 is 0 Å². The molecule has 1 fully saturated rings. The topological polar surface area (TPSA) is 45.7 Å². The molecule has 1 saturated heterocycles. The molecule has 0 aliphatic carbocycles. The smallest absolute Gasteiger partial charge is 0.419 e. The van der Waals surface area contributed by atoms with Gasteiger partial charge in [0.1, 0.15) is 5.82 Å². The number of likely N-dealkylation sites (N-methyl/N-ethyl adjacent to an activating group) is 1. The van der Waals surface area contributed by atoms with E-state index in [1.54, 1.807) is 36.2 Å². The second kappa shape index (κ2) is 10.8. The number of hydrogen-bond donors (Lipinski definition) is 0. The predicted molar refractivity (Wildman–Crippen MR) is 133 cm³/mol. The van der Waals surface area contributed by atoms with Crippen molar-refractivity contribution in [1.82, 2.24) is 14.8 Å². The van der Waals surface area contributed by atoms with E-state index in [0.29, 0.717) is 40.1 Å². The number of carbonyl (C=O) groups excluding carboxylic acids is 1. The Kier molecular flexibility index (Phi) is 7.96. The van der Waals surface area contributed by atoms with Crippen molar-refractivity contribution in [3.05, 3.63) is 92.8 Å². The number of benzene rings is 2. The molecule has 3 aromatic rings. The van der Waals surface area contributed by atoms with Crippen molar-refractivity contribution in [3.8, 4) is 5.88 Å². The minimum atomic E-state index is -4.77. The summed E-state index contributed by atoms with van der Waals surface area (Å²) in [5.74, 6) is -1.35. The lowest BCUT2D eigenvalue weighted by molar-refractivity contribution is -0.140. The summed E-state index contributed by atoms with van der Waals surface area (Å²) in [5.41, 5.74) is 0.318. The van der Waals surface area contributed by atoms with Crippen LogP contribution in [-0.4, -0.2) is 54.0 Å². The van der Waals surface area contributed by atoms with Crippen LogP contribution in [0.4, 0.5) is 17.6 Å². The van der Waals surface area contributed by atoms with E-state index in [9.17, 15) is 22.4 Å². The first-order valence-electron chi connectivity index (χ1n) is 11.3. The van der Waals surface area contributed by atoms with E-state index in [0.717, 1.165) is 17.7 Å². The molecule has 1 aliphatic rings. The van der Waals surface area contributed by atoms with E-state index in [1.165, 1.54) is 19.4 Å². The summed E-state index contributed by atoms with van der Waals surface area (Å²) in [6.07, 6.45) is -3.33. The quantitative estimate of drug-likeness (QED) is 0.335. The summed E-state index contributed by atoms with van der Waals surface area (Å²) in [7, 11) is 3.27. The molecule has 2 atom stereocenters. The molecule has 196 valence electrons. The van der Waals surface area contributed by atoms with Gasteiger partial charge >= 0.3 is 6.18 Å². The minimum Gasteiger partial charge on any atom is -0.481 e. The molecular formula is C26H23Cl2F4N3O2. The molecule has 0 saturated carbocycles. The van der Waals surface area contributed by atoms with Crippen molar-refractivity contribution in [2.75, 3.05) is 27.2 Å². The SMILES string of the molecule is COc1ccc(C(=O)N2CC(c3ccc(Cl)c(Cl)c3)C(N(C)Cc3ccc(C(F)(F)F)c(F)c3)C2)cn1. The van der Waals surface area contributed by atoms with Gasteiger partial charge in [-0.15, -0.1) is 0 Å². The Hall–Kier alpha value is -2.88. The lowest BCUT2D eigenvalue weighted by Gasteiger charge is -2.29. The standard InChI is InChI=1S/C26H23Cl2F4N3O2/c1-34(12-15-3-6-19(22(29)9-15)26(30,31)32)23-14-35(25(36)17-5-8-24(37-2)33-11-17)13-18(23)16-4-7-20(27)21(28)10-16/h3-11,18,23H,12-14H2,1-2H3. The maximum atomic E-state index is 14.2. The first kappa shape index (κ1) is 27.2. The minimum absolute atomic E-state index is 0.170. The van der Waals surface area contributed by atoms with Crippen LogP contribution >= 0.6 is 23.2 Å². The zero-order valence-corrected chi connectivity index (χ0v) is 21.4. The largest absolute Gasteiger partial charge is 0.481 e. The molecule has 0 radical (unpaired) electrons. The number of nitrogens with zero attached hydrogens (tertiary/aromatic N) is 3. The highest BCUT2D eigenvalue weighted by Gasteiger charge is 2.39. The third kappa shape index (κ3) is 6.00. The second-order valence-electron chi connectivity index (χ2n) is 8.87. The number of pyridine rings is 1. The Labute approximate surface area is 221 Å². The van der Waals surface area contributed by atoms with Gasteiger partial charge in [-0.3, -0.25) is 9.69 Å². The molecule has 0 spiro atoms. The maximum absolute atomic E-state index is 14.2. The zero-order valence-electron chi connectivity index (χ0n) is 19.9. The van der Waals surface area contributed by atoms with E-state index in [4.69, 9.17) is 27.9 Å². The fourth-order valence-corrected chi connectivity index (χ4v) is 4.88. The Morgan fingerprint density at radius 2 is 1.86 bits per heavy atom. The van der Waals surface area contributed by atoms with Crippen LogP contribution in [0.15, 0.2) is 54.7 Å². The van der Waals surface area contributed by atoms with Gasteiger partial charge < -0.3 is 9.64 Å². The number of methoxy groups -OCH3 is 1. The number of halogens is 6. The van der Waals surface area contributed by atoms with Gasteiger partial charge in [0.05, 0.1) is 28.3 Å². The van der Waals surface area contributed by atoms with Crippen LogP contribution in [0.3, 0.4) is 0 Å². The van der Waals surface area contributed by atoms with Crippen LogP contribution in [0.25, 0.3) is 0 Å². The normalized spacial score (nSPS) is 17.9. The Morgan fingerprint density at radius 1 is 1.11 bits per heavy atom. The summed E-state index contributed by atoms with van der Waals surface area (Å²) in [6.45, 7) is 0.859. The summed E-state index contributed by atoms with van der Waals surface area (Å²) < 4.78 is 58.1. The molecule has 2 aromatic carbocycles. The number of carbonyl (C=O) groups is 1. The van der Waals surface area contributed by atoms with Crippen molar-refractivity contribution < 1.29 is 27.1 Å². The first-order valence-corrected chi connectivity index (χ1v) is 12.0. The number of amides is 1. The lowest BCUT2D eigenvalue weighted by Crippen LogP contribution is -2.38. The molecule has 4 rings (SSSR count). The van der Waals surface area contributed by atoms with E-state index < -0.39 is 17.6 Å². The van der Waals surface area contributed by atoms with Gasteiger partial charge in [-0.25, -0.2) is 9.37 Å². The predicted octanol–water partition coefficient (Wildman–Crippen LogP) is 6.30. The van der Waals surface area contributed by atoms with E-state index in [2.05, 4.69) is 4.98 Å². The van der Waals surface area contributed by atoms with Gasteiger partial charge in [0.2, 0.25) is 5.88 Å². The molecule has 1 aromatic heterocycles. The van der Waals surface area contributed by atoms with Crippen LogP contribution in [-0.2, 0) is 12.7 Å². The monoisotopic (exact) mass is 555 g/mol. The molecule has 0 bridgehead atoms. The average molecular weight is 556 g/mol.